The Labute approximate surface area is 142 Å². The molecule has 0 saturated carbocycles. The predicted octanol–water partition coefficient (Wildman–Crippen LogP) is 2.61. The highest BCUT2D eigenvalue weighted by atomic mass is 16.2. The fraction of sp³-hybridized carbons (Fsp3) is 0.389. The van der Waals surface area contributed by atoms with E-state index in [-0.39, 0.29) is 24.8 Å². The van der Waals surface area contributed by atoms with Crippen molar-refractivity contribution in [3.8, 4) is 0 Å². The standard InChI is InChI=1S/C18H24N4O2/c1-12(2)14-5-7-15(8-6-14)20-17(23)9-10-19-18(24)16-11-13(3)21-22(16)4/h5-8,11-12H,9-10H2,1-4H3,(H,19,24)(H,20,23). The summed E-state index contributed by atoms with van der Waals surface area (Å²) in [6.45, 7) is 6.35. The molecule has 2 rings (SSSR count). The number of amides is 2. The molecule has 0 saturated heterocycles. The largest absolute Gasteiger partial charge is 0.350 e. The van der Waals surface area contributed by atoms with Gasteiger partial charge >= 0.3 is 0 Å². The molecule has 6 heteroatoms. The number of benzene rings is 1. The maximum absolute atomic E-state index is 12.0. The summed E-state index contributed by atoms with van der Waals surface area (Å²) in [5, 5.41) is 9.69. The van der Waals surface area contributed by atoms with Crippen LogP contribution in [0.15, 0.2) is 30.3 Å². The van der Waals surface area contributed by atoms with Crippen molar-refractivity contribution in [3.63, 3.8) is 0 Å². The Morgan fingerprint density at radius 2 is 1.88 bits per heavy atom. The Morgan fingerprint density at radius 3 is 2.42 bits per heavy atom. The molecular weight excluding hydrogens is 304 g/mol. The number of carbonyl (C=O) groups excluding carboxylic acids is 2. The molecule has 0 aliphatic heterocycles. The Kier molecular flexibility index (Phi) is 5.73. The van der Waals surface area contributed by atoms with Crippen molar-refractivity contribution in [2.45, 2.75) is 33.1 Å². The summed E-state index contributed by atoms with van der Waals surface area (Å²) < 4.78 is 1.53. The van der Waals surface area contributed by atoms with E-state index in [0.717, 1.165) is 11.4 Å². The third-order valence-corrected chi connectivity index (χ3v) is 3.73. The number of hydrogen-bond donors (Lipinski definition) is 2. The number of aromatic nitrogens is 2. The highest BCUT2D eigenvalue weighted by Gasteiger charge is 2.12. The summed E-state index contributed by atoms with van der Waals surface area (Å²) >= 11 is 0. The lowest BCUT2D eigenvalue weighted by Gasteiger charge is -2.09. The predicted molar refractivity (Wildman–Crippen MR) is 94.1 cm³/mol. The van der Waals surface area contributed by atoms with Crippen LogP contribution in [0.25, 0.3) is 0 Å². The molecule has 1 heterocycles. The van der Waals surface area contributed by atoms with Crippen LogP contribution in [0.5, 0.6) is 0 Å². The van der Waals surface area contributed by atoms with Gasteiger partial charge in [0.1, 0.15) is 5.69 Å². The van der Waals surface area contributed by atoms with Gasteiger partial charge in [-0.05, 0) is 36.6 Å². The molecule has 6 nitrogen and oxygen atoms in total. The molecule has 2 N–H and O–H groups in total. The molecule has 1 aromatic carbocycles. The van der Waals surface area contributed by atoms with Crippen molar-refractivity contribution in [2.24, 2.45) is 7.05 Å². The van der Waals surface area contributed by atoms with Crippen LogP contribution in [0.2, 0.25) is 0 Å². The van der Waals surface area contributed by atoms with Crippen LogP contribution < -0.4 is 10.6 Å². The van der Waals surface area contributed by atoms with Gasteiger partial charge in [-0.2, -0.15) is 5.10 Å². The van der Waals surface area contributed by atoms with E-state index in [9.17, 15) is 9.59 Å². The first-order chi connectivity index (χ1) is 11.4. The minimum atomic E-state index is -0.229. The zero-order valence-electron chi connectivity index (χ0n) is 14.6. The third kappa shape index (κ3) is 4.68. The summed E-state index contributed by atoms with van der Waals surface area (Å²) in [5.41, 5.74) is 3.26. The number of anilines is 1. The van der Waals surface area contributed by atoms with Gasteiger partial charge in [0, 0.05) is 25.7 Å². The number of rotatable bonds is 6. The molecular formula is C18H24N4O2. The molecule has 0 unspecified atom stereocenters. The summed E-state index contributed by atoms with van der Waals surface area (Å²) in [6, 6.07) is 9.51. The van der Waals surface area contributed by atoms with Gasteiger partial charge in [0.25, 0.3) is 5.91 Å². The molecule has 0 fully saturated rings. The van der Waals surface area contributed by atoms with Crippen LogP contribution in [0.1, 0.15) is 47.9 Å². The molecule has 0 bridgehead atoms. The van der Waals surface area contributed by atoms with Crippen LogP contribution in [-0.4, -0.2) is 28.1 Å². The third-order valence-electron chi connectivity index (χ3n) is 3.73. The van der Waals surface area contributed by atoms with Crippen molar-refractivity contribution < 1.29 is 9.59 Å². The van der Waals surface area contributed by atoms with Gasteiger partial charge in [-0.1, -0.05) is 26.0 Å². The van der Waals surface area contributed by atoms with E-state index in [2.05, 4.69) is 29.6 Å². The van der Waals surface area contributed by atoms with Gasteiger partial charge in [0.15, 0.2) is 0 Å². The summed E-state index contributed by atoms with van der Waals surface area (Å²) in [6.07, 6.45) is 0.217. The summed E-state index contributed by atoms with van der Waals surface area (Å²) in [5.74, 6) is 0.0987. The minimum absolute atomic E-state index is 0.131. The number of nitrogens with zero attached hydrogens (tertiary/aromatic N) is 2. The number of aryl methyl sites for hydroxylation is 2. The molecule has 0 radical (unpaired) electrons. The fourth-order valence-corrected chi connectivity index (χ4v) is 2.38. The average molecular weight is 328 g/mol. The second kappa shape index (κ2) is 7.77. The van der Waals surface area contributed by atoms with Crippen molar-refractivity contribution >= 4 is 17.5 Å². The first-order valence-electron chi connectivity index (χ1n) is 8.05. The number of nitrogens with one attached hydrogen (secondary N) is 2. The first kappa shape index (κ1) is 17.7. The molecule has 0 spiro atoms. The highest BCUT2D eigenvalue weighted by molar-refractivity contribution is 5.94. The van der Waals surface area contributed by atoms with E-state index in [1.807, 2.05) is 31.2 Å². The lowest BCUT2D eigenvalue weighted by Crippen LogP contribution is -2.29. The SMILES string of the molecule is Cc1cc(C(=O)NCCC(=O)Nc2ccc(C(C)C)cc2)n(C)n1. The van der Waals surface area contributed by atoms with Crippen molar-refractivity contribution in [1.82, 2.24) is 15.1 Å². The number of hydrogen-bond acceptors (Lipinski definition) is 3. The van der Waals surface area contributed by atoms with Gasteiger partial charge in [-0.25, -0.2) is 0 Å². The normalized spacial score (nSPS) is 10.7. The summed E-state index contributed by atoms with van der Waals surface area (Å²) in [7, 11) is 1.72. The lowest BCUT2D eigenvalue weighted by molar-refractivity contribution is -0.116. The van der Waals surface area contributed by atoms with Crippen LogP contribution in [0.3, 0.4) is 0 Å². The van der Waals surface area contributed by atoms with E-state index >= 15 is 0 Å². The lowest BCUT2D eigenvalue weighted by atomic mass is 10.0. The van der Waals surface area contributed by atoms with E-state index in [0.29, 0.717) is 11.6 Å². The Morgan fingerprint density at radius 1 is 1.21 bits per heavy atom. The van der Waals surface area contributed by atoms with Crippen LogP contribution in [0, 0.1) is 6.92 Å². The van der Waals surface area contributed by atoms with Gasteiger partial charge in [-0.15, -0.1) is 0 Å². The monoisotopic (exact) mass is 328 g/mol. The maximum atomic E-state index is 12.0. The van der Waals surface area contributed by atoms with Gasteiger partial charge < -0.3 is 10.6 Å². The smallest absolute Gasteiger partial charge is 0.269 e. The first-order valence-corrected chi connectivity index (χ1v) is 8.05. The molecule has 1 aromatic heterocycles. The Bertz CT molecular complexity index is 717. The number of carbonyl (C=O) groups is 2. The van der Waals surface area contributed by atoms with E-state index in [1.165, 1.54) is 10.2 Å². The molecule has 0 aliphatic carbocycles. The topological polar surface area (TPSA) is 76.0 Å². The van der Waals surface area contributed by atoms with Gasteiger partial charge in [0.05, 0.1) is 5.69 Å². The van der Waals surface area contributed by atoms with Gasteiger partial charge in [-0.3, -0.25) is 14.3 Å². The molecule has 2 aromatic rings. The van der Waals surface area contributed by atoms with Crippen LogP contribution >= 0.6 is 0 Å². The molecule has 24 heavy (non-hydrogen) atoms. The zero-order valence-corrected chi connectivity index (χ0v) is 14.6. The van der Waals surface area contributed by atoms with Crippen LogP contribution in [0.4, 0.5) is 5.69 Å². The minimum Gasteiger partial charge on any atom is -0.350 e. The molecule has 0 atom stereocenters. The average Bonchev–Trinajstić information content (AvgIpc) is 2.86. The maximum Gasteiger partial charge on any atom is 0.269 e. The van der Waals surface area contributed by atoms with E-state index in [1.54, 1.807) is 13.1 Å². The second-order valence-corrected chi connectivity index (χ2v) is 6.13. The van der Waals surface area contributed by atoms with E-state index < -0.39 is 0 Å². The van der Waals surface area contributed by atoms with Crippen molar-refractivity contribution in [2.75, 3.05) is 11.9 Å². The fourth-order valence-electron chi connectivity index (χ4n) is 2.38. The van der Waals surface area contributed by atoms with Gasteiger partial charge in [0.2, 0.25) is 5.91 Å². The van der Waals surface area contributed by atoms with Crippen molar-refractivity contribution in [3.05, 3.63) is 47.3 Å². The Balaban J connectivity index is 1.79. The van der Waals surface area contributed by atoms with Crippen LogP contribution in [-0.2, 0) is 11.8 Å². The zero-order chi connectivity index (χ0) is 17.7. The Hall–Kier alpha value is -2.63. The van der Waals surface area contributed by atoms with Crippen molar-refractivity contribution in [1.29, 1.82) is 0 Å². The molecule has 128 valence electrons. The summed E-state index contributed by atoms with van der Waals surface area (Å²) in [4.78, 5) is 24.0. The van der Waals surface area contributed by atoms with E-state index in [4.69, 9.17) is 0 Å². The molecule has 2 amide bonds. The molecule has 0 aliphatic rings. The second-order valence-electron chi connectivity index (χ2n) is 6.13. The quantitative estimate of drug-likeness (QED) is 0.856. The highest BCUT2D eigenvalue weighted by Crippen LogP contribution is 2.17.